The standard InChI is InChI=1S/C25H37NO9/c1-8-10-20(27)32-18-13-12-17(14-19(18)33-21(28)11-9-2)15-25(22(29)30,26-16(3)4)35-23(31)34-24(5,6)7/h12-14,16,26H,8-11,15H2,1-7H3,(H,29,30)/t25-/m0/s1. The van der Waals surface area contributed by atoms with Crippen molar-refractivity contribution < 1.29 is 43.2 Å². The van der Waals surface area contributed by atoms with Crippen LogP contribution in [0.2, 0.25) is 0 Å². The Morgan fingerprint density at radius 2 is 1.46 bits per heavy atom. The lowest BCUT2D eigenvalue weighted by molar-refractivity contribution is -0.169. The van der Waals surface area contributed by atoms with Crippen LogP contribution in [0.5, 0.6) is 11.5 Å². The van der Waals surface area contributed by atoms with Crippen molar-refractivity contribution in [3.63, 3.8) is 0 Å². The number of carbonyl (C=O) groups excluding carboxylic acids is 3. The predicted molar refractivity (Wildman–Crippen MR) is 127 cm³/mol. The molecular formula is C25H37NO9. The first-order valence-electron chi connectivity index (χ1n) is 11.7. The quantitative estimate of drug-likeness (QED) is 0.244. The number of hydrogen-bond donors (Lipinski definition) is 2. The second kappa shape index (κ2) is 13.1. The Labute approximate surface area is 206 Å². The van der Waals surface area contributed by atoms with Gasteiger partial charge in [-0.25, -0.2) is 9.59 Å². The number of carboxylic acid groups (broad SMARTS) is 1. The van der Waals surface area contributed by atoms with Crippen molar-refractivity contribution in [1.29, 1.82) is 0 Å². The zero-order valence-electron chi connectivity index (χ0n) is 21.6. The largest absolute Gasteiger partial charge is 0.511 e. The van der Waals surface area contributed by atoms with E-state index in [2.05, 4.69) is 5.32 Å². The van der Waals surface area contributed by atoms with Crippen LogP contribution in [0.3, 0.4) is 0 Å². The van der Waals surface area contributed by atoms with Crippen molar-refractivity contribution in [1.82, 2.24) is 5.32 Å². The Morgan fingerprint density at radius 3 is 1.91 bits per heavy atom. The zero-order valence-corrected chi connectivity index (χ0v) is 21.6. The van der Waals surface area contributed by atoms with E-state index in [1.165, 1.54) is 18.2 Å². The zero-order chi connectivity index (χ0) is 26.8. The van der Waals surface area contributed by atoms with Gasteiger partial charge in [0.05, 0.1) is 0 Å². The summed E-state index contributed by atoms with van der Waals surface area (Å²) in [5.41, 5.74) is -2.73. The fourth-order valence-corrected chi connectivity index (χ4v) is 3.05. The summed E-state index contributed by atoms with van der Waals surface area (Å²) in [4.78, 5) is 48.9. The molecule has 0 spiro atoms. The molecule has 10 nitrogen and oxygen atoms in total. The third-order valence-corrected chi connectivity index (χ3v) is 4.33. The SMILES string of the molecule is CCCC(=O)Oc1ccc(C[C@](NC(C)C)(OC(=O)OC(C)(C)C)C(=O)O)cc1OC(=O)CCC. The molecule has 0 radical (unpaired) electrons. The van der Waals surface area contributed by atoms with Crippen LogP contribution in [0, 0.1) is 0 Å². The molecule has 1 atom stereocenters. The molecule has 1 rings (SSSR count). The molecule has 0 amide bonds. The maximum atomic E-state index is 12.4. The summed E-state index contributed by atoms with van der Waals surface area (Å²) in [7, 11) is 0. The van der Waals surface area contributed by atoms with Gasteiger partial charge in [0.1, 0.15) is 5.60 Å². The van der Waals surface area contributed by atoms with E-state index in [1.54, 1.807) is 34.6 Å². The van der Waals surface area contributed by atoms with Crippen LogP contribution in [0.4, 0.5) is 4.79 Å². The van der Waals surface area contributed by atoms with Crippen LogP contribution in [-0.4, -0.2) is 46.5 Å². The second-order valence-corrected chi connectivity index (χ2v) is 9.40. The van der Waals surface area contributed by atoms with Gasteiger partial charge in [0, 0.05) is 25.3 Å². The number of esters is 2. The highest BCUT2D eigenvalue weighted by molar-refractivity contribution is 5.81. The van der Waals surface area contributed by atoms with Crippen molar-refractivity contribution in [3.8, 4) is 11.5 Å². The first-order chi connectivity index (χ1) is 16.2. The van der Waals surface area contributed by atoms with E-state index in [1.807, 2.05) is 13.8 Å². The van der Waals surface area contributed by atoms with Gasteiger partial charge in [-0.3, -0.25) is 14.9 Å². The van der Waals surface area contributed by atoms with Crippen LogP contribution in [0.15, 0.2) is 18.2 Å². The second-order valence-electron chi connectivity index (χ2n) is 9.40. The third kappa shape index (κ3) is 10.3. The molecule has 1 aromatic rings. The van der Waals surface area contributed by atoms with Gasteiger partial charge in [-0.05, 0) is 65.2 Å². The van der Waals surface area contributed by atoms with Crippen LogP contribution >= 0.6 is 0 Å². The van der Waals surface area contributed by atoms with Gasteiger partial charge in [0.2, 0.25) is 0 Å². The fraction of sp³-hybridized carbons (Fsp3) is 0.600. The summed E-state index contributed by atoms with van der Waals surface area (Å²) in [5.74, 6) is -2.48. The first kappa shape index (κ1) is 29.9. The number of rotatable bonds is 12. The van der Waals surface area contributed by atoms with E-state index in [9.17, 15) is 24.3 Å². The Kier molecular flexibility index (Phi) is 11.2. The smallest absolute Gasteiger partial charge is 0.477 e. The molecule has 0 aromatic heterocycles. The maximum absolute atomic E-state index is 12.4. The molecule has 196 valence electrons. The summed E-state index contributed by atoms with van der Waals surface area (Å²) >= 11 is 0. The molecule has 35 heavy (non-hydrogen) atoms. The molecule has 0 saturated carbocycles. The minimum atomic E-state index is -2.18. The summed E-state index contributed by atoms with van der Waals surface area (Å²) in [6, 6.07) is 3.92. The number of ether oxygens (including phenoxy) is 4. The van der Waals surface area contributed by atoms with E-state index < -0.39 is 35.4 Å². The number of carbonyl (C=O) groups is 4. The average Bonchev–Trinajstić information content (AvgIpc) is 2.68. The van der Waals surface area contributed by atoms with E-state index in [-0.39, 0.29) is 36.8 Å². The van der Waals surface area contributed by atoms with Crippen LogP contribution in [0.1, 0.15) is 79.7 Å². The van der Waals surface area contributed by atoms with Crippen molar-refractivity contribution in [3.05, 3.63) is 23.8 Å². The van der Waals surface area contributed by atoms with Gasteiger partial charge in [0.25, 0.3) is 5.72 Å². The normalized spacial score (nSPS) is 13.0. The molecular weight excluding hydrogens is 458 g/mol. The van der Waals surface area contributed by atoms with E-state index >= 15 is 0 Å². The van der Waals surface area contributed by atoms with Gasteiger partial charge < -0.3 is 24.1 Å². The van der Waals surface area contributed by atoms with Gasteiger partial charge in [0.15, 0.2) is 11.5 Å². The summed E-state index contributed by atoms with van der Waals surface area (Å²) < 4.78 is 21.2. The van der Waals surface area contributed by atoms with Crippen LogP contribution < -0.4 is 14.8 Å². The van der Waals surface area contributed by atoms with Crippen molar-refractivity contribution >= 4 is 24.1 Å². The number of carboxylic acids is 1. The number of hydrogen-bond acceptors (Lipinski definition) is 9. The molecule has 10 heteroatoms. The number of benzene rings is 1. The predicted octanol–water partition coefficient (Wildman–Crippen LogP) is 4.37. The van der Waals surface area contributed by atoms with Gasteiger partial charge in [-0.15, -0.1) is 0 Å². The fourth-order valence-electron chi connectivity index (χ4n) is 3.05. The molecule has 2 N–H and O–H groups in total. The highest BCUT2D eigenvalue weighted by atomic mass is 16.8. The Bertz CT molecular complexity index is 905. The number of nitrogens with one attached hydrogen (secondary N) is 1. The van der Waals surface area contributed by atoms with Crippen LogP contribution in [0.25, 0.3) is 0 Å². The lowest BCUT2D eigenvalue weighted by Gasteiger charge is -2.33. The van der Waals surface area contributed by atoms with E-state index in [4.69, 9.17) is 18.9 Å². The van der Waals surface area contributed by atoms with E-state index in [0.717, 1.165) is 0 Å². The maximum Gasteiger partial charge on any atom is 0.511 e. The Balaban J connectivity index is 3.40. The topological polar surface area (TPSA) is 137 Å². The number of aliphatic carboxylic acids is 1. The first-order valence-corrected chi connectivity index (χ1v) is 11.7. The molecule has 0 aliphatic rings. The monoisotopic (exact) mass is 495 g/mol. The lowest BCUT2D eigenvalue weighted by Crippen LogP contribution is -2.59. The highest BCUT2D eigenvalue weighted by Gasteiger charge is 2.45. The molecule has 0 bridgehead atoms. The molecule has 0 saturated heterocycles. The third-order valence-electron chi connectivity index (χ3n) is 4.33. The lowest BCUT2D eigenvalue weighted by atomic mass is 10.0. The van der Waals surface area contributed by atoms with Gasteiger partial charge >= 0.3 is 24.1 Å². The Hall–Kier alpha value is -3.14. The average molecular weight is 496 g/mol. The van der Waals surface area contributed by atoms with Gasteiger partial charge in [-0.1, -0.05) is 19.9 Å². The van der Waals surface area contributed by atoms with Crippen LogP contribution in [-0.2, 0) is 30.3 Å². The summed E-state index contributed by atoms with van der Waals surface area (Å²) in [5, 5.41) is 12.8. The molecule has 0 aliphatic heterocycles. The summed E-state index contributed by atoms with van der Waals surface area (Å²) in [6.07, 6.45) is -0.0510. The molecule has 0 fully saturated rings. The highest BCUT2D eigenvalue weighted by Crippen LogP contribution is 2.31. The van der Waals surface area contributed by atoms with Crippen molar-refractivity contribution in [2.24, 2.45) is 0 Å². The van der Waals surface area contributed by atoms with E-state index in [0.29, 0.717) is 18.4 Å². The summed E-state index contributed by atoms with van der Waals surface area (Å²) in [6.45, 7) is 11.9. The molecule has 0 aliphatic carbocycles. The van der Waals surface area contributed by atoms with Crippen molar-refractivity contribution in [2.75, 3.05) is 0 Å². The van der Waals surface area contributed by atoms with Crippen molar-refractivity contribution in [2.45, 2.75) is 97.9 Å². The molecule has 0 unspecified atom stereocenters. The minimum Gasteiger partial charge on any atom is -0.477 e. The van der Waals surface area contributed by atoms with Gasteiger partial charge in [-0.2, -0.15) is 0 Å². The molecule has 1 aromatic carbocycles. The minimum absolute atomic E-state index is 0.0301. The molecule has 0 heterocycles. The Morgan fingerprint density at radius 1 is 0.914 bits per heavy atom.